The maximum Gasteiger partial charge on any atom is 0.170 e. The fraction of sp³-hybridized carbons (Fsp3) is 0.231. The average molecular weight is 275 g/mol. The van der Waals surface area contributed by atoms with Gasteiger partial charge >= 0.3 is 0 Å². The van der Waals surface area contributed by atoms with E-state index in [1.807, 2.05) is 5.51 Å². The minimum atomic E-state index is 0.849. The Balaban J connectivity index is 2.13. The highest BCUT2D eigenvalue weighted by Crippen LogP contribution is 2.28. The maximum atomic E-state index is 4.70. The lowest BCUT2D eigenvalue weighted by molar-refractivity contribution is 0.727. The van der Waals surface area contributed by atoms with Gasteiger partial charge in [-0.25, -0.2) is 9.97 Å². The Hall–Kier alpha value is -1.30. The maximum absolute atomic E-state index is 4.70. The van der Waals surface area contributed by atoms with Gasteiger partial charge in [-0.1, -0.05) is 6.92 Å². The summed E-state index contributed by atoms with van der Waals surface area (Å²) in [7, 11) is 0. The molecule has 3 heterocycles. The van der Waals surface area contributed by atoms with Crippen molar-refractivity contribution in [2.75, 3.05) is 6.54 Å². The van der Waals surface area contributed by atoms with Crippen LogP contribution in [0.4, 0.5) is 0 Å². The molecule has 1 N–H and O–H groups in total. The SMILES string of the molecule is CCNCc1cc2scnc2nc1-c1ccsc1. The molecular formula is C13H13N3S2. The third-order valence-electron chi connectivity index (χ3n) is 2.76. The number of thiazole rings is 1. The lowest BCUT2D eigenvalue weighted by Gasteiger charge is -2.08. The summed E-state index contributed by atoms with van der Waals surface area (Å²) in [6, 6.07) is 4.32. The zero-order chi connectivity index (χ0) is 12.4. The van der Waals surface area contributed by atoms with Crippen molar-refractivity contribution in [3.05, 3.63) is 34.0 Å². The molecule has 0 aliphatic carbocycles. The topological polar surface area (TPSA) is 37.8 Å². The average Bonchev–Trinajstić information content (AvgIpc) is 3.05. The van der Waals surface area contributed by atoms with Gasteiger partial charge in [-0.15, -0.1) is 11.3 Å². The molecule has 3 aromatic heterocycles. The van der Waals surface area contributed by atoms with Gasteiger partial charge in [0.05, 0.1) is 15.9 Å². The van der Waals surface area contributed by atoms with Crippen molar-refractivity contribution >= 4 is 33.0 Å². The monoisotopic (exact) mass is 275 g/mol. The molecule has 0 aliphatic rings. The third kappa shape index (κ3) is 2.16. The predicted octanol–water partition coefficient (Wildman–Crippen LogP) is 3.53. The van der Waals surface area contributed by atoms with Crippen molar-refractivity contribution < 1.29 is 0 Å². The molecule has 0 aromatic carbocycles. The van der Waals surface area contributed by atoms with E-state index in [-0.39, 0.29) is 0 Å². The first kappa shape index (κ1) is 11.8. The Morgan fingerprint density at radius 1 is 1.39 bits per heavy atom. The minimum Gasteiger partial charge on any atom is -0.313 e. The van der Waals surface area contributed by atoms with Crippen LogP contribution in [0.5, 0.6) is 0 Å². The Labute approximate surface area is 114 Å². The molecule has 0 atom stereocenters. The fourth-order valence-electron chi connectivity index (χ4n) is 1.88. The highest BCUT2D eigenvalue weighted by Gasteiger charge is 2.10. The van der Waals surface area contributed by atoms with Crippen LogP contribution in [0.25, 0.3) is 21.6 Å². The Morgan fingerprint density at radius 2 is 2.33 bits per heavy atom. The summed E-state index contributed by atoms with van der Waals surface area (Å²) in [6.45, 7) is 3.93. The van der Waals surface area contributed by atoms with Crippen LogP contribution in [-0.2, 0) is 6.54 Å². The summed E-state index contributed by atoms with van der Waals surface area (Å²) < 4.78 is 1.15. The zero-order valence-electron chi connectivity index (χ0n) is 10.0. The molecule has 0 saturated carbocycles. The van der Waals surface area contributed by atoms with E-state index in [1.165, 1.54) is 11.1 Å². The van der Waals surface area contributed by atoms with Crippen LogP contribution in [-0.4, -0.2) is 16.5 Å². The summed E-state index contributed by atoms with van der Waals surface area (Å²) >= 11 is 3.34. The molecule has 92 valence electrons. The molecule has 0 amide bonds. The normalized spacial score (nSPS) is 11.2. The molecular weight excluding hydrogens is 262 g/mol. The van der Waals surface area contributed by atoms with E-state index in [0.29, 0.717) is 0 Å². The van der Waals surface area contributed by atoms with Crippen LogP contribution in [0, 0.1) is 0 Å². The molecule has 0 unspecified atom stereocenters. The Bertz CT molecular complexity index is 643. The lowest BCUT2D eigenvalue weighted by Crippen LogP contribution is -2.13. The van der Waals surface area contributed by atoms with Crippen LogP contribution in [0.1, 0.15) is 12.5 Å². The van der Waals surface area contributed by atoms with Crippen LogP contribution in [0.15, 0.2) is 28.4 Å². The standard InChI is InChI=1S/C13H13N3S2/c1-2-14-6-10-5-11-13(15-8-18-11)16-12(10)9-3-4-17-7-9/h3-5,7-8,14H,2,6H2,1H3. The number of rotatable bonds is 4. The molecule has 0 aliphatic heterocycles. The minimum absolute atomic E-state index is 0.849. The number of thiophene rings is 1. The second-order valence-corrected chi connectivity index (χ2v) is 5.63. The van der Waals surface area contributed by atoms with E-state index in [9.17, 15) is 0 Å². The molecule has 5 heteroatoms. The first-order chi connectivity index (χ1) is 8.88. The van der Waals surface area contributed by atoms with E-state index >= 15 is 0 Å². The number of nitrogens with one attached hydrogen (secondary N) is 1. The predicted molar refractivity (Wildman–Crippen MR) is 78.1 cm³/mol. The lowest BCUT2D eigenvalue weighted by atomic mass is 10.1. The second kappa shape index (κ2) is 5.14. The zero-order valence-corrected chi connectivity index (χ0v) is 11.6. The van der Waals surface area contributed by atoms with E-state index in [1.54, 1.807) is 22.7 Å². The van der Waals surface area contributed by atoms with Crippen molar-refractivity contribution in [2.45, 2.75) is 13.5 Å². The number of nitrogens with zero attached hydrogens (tertiary/aromatic N) is 2. The Kier molecular flexibility index (Phi) is 3.36. The van der Waals surface area contributed by atoms with Crippen molar-refractivity contribution in [1.82, 2.24) is 15.3 Å². The Morgan fingerprint density at radius 3 is 3.11 bits per heavy atom. The van der Waals surface area contributed by atoms with Gasteiger partial charge in [0.2, 0.25) is 0 Å². The molecule has 3 rings (SSSR count). The number of pyridine rings is 1. The summed E-state index contributed by atoms with van der Waals surface area (Å²) in [5.74, 6) is 0. The number of aromatic nitrogens is 2. The van der Waals surface area contributed by atoms with Crippen molar-refractivity contribution in [3.63, 3.8) is 0 Å². The van der Waals surface area contributed by atoms with Gasteiger partial charge in [-0.05, 0) is 29.6 Å². The second-order valence-electron chi connectivity index (χ2n) is 3.96. The number of hydrogen-bond acceptors (Lipinski definition) is 5. The van der Waals surface area contributed by atoms with E-state index in [0.717, 1.165) is 29.1 Å². The van der Waals surface area contributed by atoms with E-state index in [4.69, 9.17) is 4.98 Å². The number of fused-ring (bicyclic) bond motifs is 1. The van der Waals surface area contributed by atoms with E-state index in [2.05, 4.69) is 40.1 Å². The molecule has 0 bridgehead atoms. The van der Waals surface area contributed by atoms with Gasteiger partial charge in [0.15, 0.2) is 5.65 Å². The molecule has 0 spiro atoms. The quantitative estimate of drug-likeness (QED) is 0.791. The highest BCUT2D eigenvalue weighted by atomic mass is 32.1. The molecule has 0 saturated heterocycles. The van der Waals surface area contributed by atoms with Gasteiger partial charge in [0, 0.05) is 17.5 Å². The largest absolute Gasteiger partial charge is 0.313 e. The van der Waals surface area contributed by atoms with E-state index < -0.39 is 0 Å². The van der Waals surface area contributed by atoms with Gasteiger partial charge in [0.25, 0.3) is 0 Å². The summed E-state index contributed by atoms with van der Waals surface area (Å²) in [4.78, 5) is 9.00. The molecule has 3 aromatic rings. The van der Waals surface area contributed by atoms with Gasteiger partial charge in [-0.3, -0.25) is 0 Å². The van der Waals surface area contributed by atoms with Crippen LogP contribution < -0.4 is 5.32 Å². The molecule has 18 heavy (non-hydrogen) atoms. The molecule has 3 nitrogen and oxygen atoms in total. The highest BCUT2D eigenvalue weighted by molar-refractivity contribution is 7.16. The molecule has 0 fully saturated rings. The van der Waals surface area contributed by atoms with Crippen LogP contribution in [0.2, 0.25) is 0 Å². The van der Waals surface area contributed by atoms with Crippen LogP contribution in [0.3, 0.4) is 0 Å². The molecule has 0 radical (unpaired) electrons. The third-order valence-corrected chi connectivity index (χ3v) is 4.21. The number of hydrogen-bond donors (Lipinski definition) is 1. The fourth-order valence-corrected chi connectivity index (χ4v) is 3.20. The smallest absolute Gasteiger partial charge is 0.170 e. The van der Waals surface area contributed by atoms with Crippen LogP contribution >= 0.6 is 22.7 Å². The summed E-state index contributed by atoms with van der Waals surface area (Å²) in [5.41, 5.74) is 6.18. The first-order valence-corrected chi connectivity index (χ1v) is 7.67. The summed E-state index contributed by atoms with van der Waals surface area (Å²) in [5, 5.41) is 7.59. The van der Waals surface area contributed by atoms with Gasteiger partial charge in [0.1, 0.15) is 0 Å². The first-order valence-electron chi connectivity index (χ1n) is 5.85. The van der Waals surface area contributed by atoms with Crippen molar-refractivity contribution in [1.29, 1.82) is 0 Å². The van der Waals surface area contributed by atoms with Gasteiger partial charge in [-0.2, -0.15) is 11.3 Å². The van der Waals surface area contributed by atoms with Crippen molar-refractivity contribution in [2.24, 2.45) is 0 Å². The van der Waals surface area contributed by atoms with Crippen molar-refractivity contribution in [3.8, 4) is 11.3 Å². The summed E-state index contributed by atoms with van der Waals surface area (Å²) in [6.07, 6.45) is 0. The van der Waals surface area contributed by atoms with Gasteiger partial charge < -0.3 is 5.32 Å².